The highest BCUT2D eigenvalue weighted by atomic mass is 32.2. The van der Waals surface area contributed by atoms with Crippen LogP contribution in [0.2, 0.25) is 0 Å². The first-order valence-electron chi connectivity index (χ1n) is 12.7. The quantitative estimate of drug-likeness (QED) is 0.300. The molecule has 0 aliphatic heterocycles. The number of carboxylic acid groups (broad SMARTS) is 1. The van der Waals surface area contributed by atoms with Crippen molar-refractivity contribution in [3.8, 4) is 0 Å². The highest BCUT2D eigenvalue weighted by Crippen LogP contribution is 2.30. The third-order valence-corrected chi connectivity index (χ3v) is 4.76. The molecule has 3 N–H and O–H groups in total. The van der Waals surface area contributed by atoms with Gasteiger partial charge in [0.05, 0.1) is 11.4 Å². The van der Waals surface area contributed by atoms with Crippen molar-refractivity contribution in [1.29, 1.82) is 0 Å². The number of nitrogens with one attached hydrogen (secondary N) is 2. The second-order valence-electron chi connectivity index (χ2n) is 9.29. The Balaban J connectivity index is 0.00000227. The Labute approximate surface area is 223 Å². The maximum atomic E-state index is 12.7. The molecule has 36 heavy (non-hydrogen) atoms. The van der Waals surface area contributed by atoms with E-state index in [1.54, 1.807) is 11.8 Å². The van der Waals surface area contributed by atoms with Crippen LogP contribution in [0.15, 0.2) is 42.5 Å². The van der Waals surface area contributed by atoms with Gasteiger partial charge in [0.15, 0.2) is 0 Å². The lowest BCUT2D eigenvalue weighted by atomic mass is 10.1. The minimum absolute atomic E-state index is 0.0516. The molecule has 2 amide bonds. The summed E-state index contributed by atoms with van der Waals surface area (Å²) in [5.74, 6) is 0.0799. The first-order chi connectivity index (χ1) is 17.0. The van der Waals surface area contributed by atoms with Crippen molar-refractivity contribution in [1.82, 2.24) is 0 Å². The average molecular weight is 518 g/mol. The van der Waals surface area contributed by atoms with E-state index in [-0.39, 0.29) is 12.5 Å². The maximum Gasteiger partial charge on any atom is 0.323 e. The third-order valence-electron chi connectivity index (χ3n) is 4.76. The van der Waals surface area contributed by atoms with E-state index in [0.717, 1.165) is 29.9 Å². The Kier molecular flexibility index (Phi) is 17.2. The zero-order valence-corrected chi connectivity index (χ0v) is 24.5. The van der Waals surface area contributed by atoms with Gasteiger partial charge in [-0.2, -0.15) is 11.8 Å². The van der Waals surface area contributed by atoms with Crippen LogP contribution < -0.4 is 15.5 Å². The molecule has 2 aromatic carbocycles. The molecule has 0 bridgehead atoms. The van der Waals surface area contributed by atoms with Gasteiger partial charge in [-0.05, 0) is 67.5 Å². The van der Waals surface area contributed by atoms with E-state index in [1.807, 2.05) is 75.7 Å². The number of hydrogen-bond donors (Lipinski definition) is 3. The number of amides is 2. The van der Waals surface area contributed by atoms with Gasteiger partial charge in [-0.15, -0.1) is 0 Å². The summed E-state index contributed by atoms with van der Waals surface area (Å²) in [6, 6.07) is 13.1. The van der Waals surface area contributed by atoms with E-state index in [4.69, 9.17) is 5.11 Å². The summed E-state index contributed by atoms with van der Waals surface area (Å²) in [6.45, 7) is 16.4. The molecule has 0 saturated heterocycles. The third kappa shape index (κ3) is 14.0. The topological polar surface area (TPSA) is 81.7 Å². The van der Waals surface area contributed by atoms with E-state index >= 15 is 0 Å². The highest BCUT2D eigenvalue weighted by molar-refractivity contribution is 7.97. The van der Waals surface area contributed by atoms with Crippen LogP contribution in [-0.2, 0) is 11.2 Å². The minimum Gasteiger partial charge on any atom is -0.481 e. The van der Waals surface area contributed by atoms with Crippen LogP contribution >= 0.6 is 11.8 Å². The van der Waals surface area contributed by atoms with Crippen molar-refractivity contribution >= 4 is 40.8 Å². The molecule has 0 saturated carbocycles. The van der Waals surface area contributed by atoms with Gasteiger partial charge in [-0.3, -0.25) is 4.79 Å². The van der Waals surface area contributed by atoms with Crippen molar-refractivity contribution in [2.45, 2.75) is 61.3 Å². The molecule has 0 heterocycles. The first-order valence-corrected chi connectivity index (χ1v) is 14.3. The molecule has 0 unspecified atom stereocenters. The number of aryl methyl sites for hydroxylation is 2. The number of aliphatic carboxylic acids is 1. The molecule has 0 aromatic heterocycles. The maximum absolute atomic E-state index is 12.7. The summed E-state index contributed by atoms with van der Waals surface area (Å²) >= 11 is 1.75. The van der Waals surface area contributed by atoms with Crippen molar-refractivity contribution in [3.05, 3.63) is 53.6 Å². The Morgan fingerprint density at radius 3 is 1.92 bits per heavy atom. The lowest BCUT2D eigenvalue weighted by Gasteiger charge is -2.30. The molecule has 2 rings (SSSR count). The Bertz CT molecular complexity index is 889. The molecule has 0 radical (unpaired) electrons. The van der Waals surface area contributed by atoms with E-state index in [9.17, 15) is 9.59 Å². The summed E-state index contributed by atoms with van der Waals surface area (Å²) in [7, 11) is 0. The number of urea groups is 1. The second kappa shape index (κ2) is 18.6. The molecule has 202 valence electrons. The number of carbonyl (C=O) groups is 2. The zero-order chi connectivity index (χ0) is 27.7. The van der Waals surface area contributed by atoms with E-state index in [1.165, 1.54) is 0 Å². The highest BCUT2D eigenvalue weighted by Gasteiger charge is 2.17. The van der Waals surface area contributed by atoms with E-state index in [0.29, 0.717) is 29.6 Å². The smallest absolute Gasteiger partial charge is 0.323 e. The van der Waals surface area contributed by atoms with Crippen LogP contribution in [0.4, 0.5) is 21.9 Å². The predicted octanol–water partition coefficient (Wildman–Crippen LogP) is 7.78. The fourth-order valence-electron chi connectivity index (χ4n) is 3.44. The van der Waals surface area contributed by atoms with Crippen LogP contribution in [0.1, 0.15) is 59.1 Å². The SMILES string of the molecule is CC.CSC.Cc1ccc(NC(=O)Nc2cc(CCC(=O)O)ccc2N(CC(C)C)CC(C)C)cc1. The number of carbonyl (C=O) groups excluding carboxylic acids is 1. The van der Waals surface area contributed by atoms with Crippen LogP contribution in [0.3, 0.4) is 0 Å². The molecule has 2 aromatic rings. The number of benzene rings is 2. The van der Waals surface area contributed by atoms with Gasteiger partial charge in [0.2, 0.25) is 0 Å². The molecule has 0 fully saturated rings. The number of rotatable bonds is 10. The van der Waals surface area contributed by atoms with Gasteiger partial charge in [0.25, 0.3) is 0 Å². The normalized spacial score (nSPS) is 10.1. The Morgan fingerprint density at radius 2 is 1.44 bits per heavy atom. The zero-order valence-electron chi connectivity index (χ0n) is 23.6. The van der Waals surface area contributed by atoms with Crippen LogP contribution in [0.25, 0.3) is 0 Å². The molecular formula is C29H47N3O3S. The fraction of sp³-hybridized carbons (Fsp3) is 0.517. The van der Waals surface area contributed by atoms with Gasteiger partial charge in [-0.25, -0.2) is 4.79 Å². The second-order valence-corrected chi connectivity index (χ2v) is 10.1. The molecule has 0 aliphatic rings. The largest absolute Gasteiger partial charge is 0.481 e. The molecule has 6 nitrogen and oxygen atoms in total. The summed E-state index contributed by atoms with van der Waals surface area (Å²) in [5.41, 5.74) is 4.35. The van der Waals surface area contributed by atoms with Gasteiger partial charge in [0.1, 0.15) is 0 Å². The average Bonchev–Trinajstić information content (AvgIpc) is 2.80. The first kappa shape index (κ1) is 33.3. The summed E-state index contributed by atoms with van der Waals surface area (Å²) < 4.78 is 0. The summed E-state index contributed by atoms with van der Waals surface area (Å²) in [6.07, 6.45) is 4.55. The van der Waals surface area contributed by atoms with Gasteiger partial charge in [-0.1, -0.05) is 65.3 Å². The van der Waals surface area contributed by atoms with E-state index < -0.39 is 5.97 Å². The van der Waals surface area contributed by atoms with Crippen molar-refractivity contribution in [2.75, 3.05) is 41.1 Å². The number of hydrogen-bond acceptors (Lipinski definition) is 4. The summed E-state index contributed by atoms with van der Waals surface area (Å²) in [5, 5.41) is 14.9. The molecule has 0 aliphatic carbocycles. The predicted molar refractivity (Wildman–Crippen MR) is 159 cm³/mol. The Morgan fingerprint density at radius 1 is 0.917 bits per heavy atom. The lowest BCUT2D eigenvalue weighted by Crippen LogP contribution is -2.32. The van der Waals surface area contributed by atoms with Crippen LogP contribution in [0, 0.1) is 18.8 Å². The summed E-state index contributed by atoms with van der Waals surface area (Å²) in [4.78, 5) is 26.0. The molecule has 0 atom stereocenters. The van der Waals surface area contributed by atoms with Gasteiger partial charge < -0.3 is 20.6 Å². The lowest BCUT2D eigenvalue weighted by molar-refractivity contribution is -0.136. The number of nitrogens with zero attached hydrogens (tertiary/aromatic N) is 1. The molecule has 0 spiro atoms. The van der Waals surface area contributed by atoms with Crippen LogP contribution in [0.5, 0.6) is 0 Å². The van der Waals surface area contributed by atoms with Crippen molar-refractivity contribution < 1.29 is 14.7 Å². The molecule has 7 heteroatoms. The fourth-order valence-corrected chi connectivity index (χ4v) is 3.44. The standard InChI is InChI=1S/C25H35N3O3.C2H6S.C2H6/c1-17(2)15-28(16-18(3)4)23-12-8-20(9-13-24(29)30)14-22(23)27-25(31)26-21-10-6-19(5)7-11-21;1-3-2;1-2/h6-8,10-12,14,17-18H,9,13,15-16H2,1-5H3,(H,29,30)(H2,26,27,31);1-2H3;1-2H3. The van der Waals surface area contributed by atoms with Gasteiger partial charge in [0, 0.05) is 25.2 Å². The van der Waals surface area contributed by atoms with Crippen LogP contribution in [-0.4, -0.2) is 42.7 Å². The number of thioether (sulfide) groups is 1. The van der Waals surface area contributed by atoms with E-state index in [2.05, 4.69) is 43.2 Å². The number of carboxylic acids is 1. The van der Waals surface area contributed by atoms with Crippen molar-refractivity contribution in [3.63, 3.8) is 0 Å². The number of anilines is 3. The van der Waals surface area contributed by atoms with Gasteiger partial charge >= 0.3 is 12.0 Å². The van der Waals surface area contributed by atoms with Crippen molar-refractivity contribution in [2.24, 2.45) is 11.8 Å². The Hall–Kier alpha value is -2.67. The molecular weight excluding hydrogens is 470 g/mol. The monoisotopic (exact) mass is 517 g/mol. The minimum atomic E-state index is -0.836.